The molecule has 108 valence electrons. The molecule has 1 aromatic rings. The van der Waals surface area contributed by atoms with Crippen LogP contribution in [-0.2, 0) is 0 Å². The molecule has 1 atom stereocenters. The maximum atomic E-state index is 12.3. The van der Waals surface area contributed by atoms with E-state index in [0.29, 0.717) is 18.7 Å². The Morgan fingerprint density at radius 3 is 2.60 bits per heavy atom. The van der Waals surface area contributed by atoms with Crippen molar-refractivity contribution < 1.29 is 9.59 Å². The molecule has 5 nitrogen and oxygen atoms in total. The van der Waals surface area contributed by atoms with Gasteiger partial charge >= 0.3 is 6.03 Å². The minimum Gasteiger partial charge on any atom is -0.337 e. The Balaban J connectivity index is 1.86. The first-order valence-electron chi connectivity index (χ1n) is 6.97. The number of hydrogen-bond donors (Lipinski definition) is 2. The molecule has 2 rings (SSSR count). The molecule has 1 aliphatic rings. The molecule has 1 saturated heterocycles. The summed E-state index contributed by atoms with van der Waals surface area (Å²) in [7, 11) is 0. The van der Waals surface area contributed by atoms with E-state index in [1.54, 1.807) is 4.90 Å². The molecule has 0 aliphatic carbocycles. The SMILES string of the molecule is CC(C)NC(=O)NC1CCN(C(=O)c2ccccc2)C1. The predicted octanol–water partition coefficient (Wildman–Crippen LogP) is 1.61. The van der Waals surface area contributed by atoms with Gasteiger partial charge in [0.05, 0.1) is 0 Å². The van der Waals surface area contributed by atoms with Crippen molar-refractivity contribution in [1.29, 1.82) is 0 Å². The van der Waals surface area contributed by atoms with Crippen LogP contribution in [0.25, 0.3) is 0 Å². The zero-order valence-electron chi connectivity index (χ0n) is 11.9. The van der Waals surface area contributed by atoms with Gasteiger partial charge in [0.1, 0.15) is 0 Å². The van der Waals surface area contributed by atoms with Crippen LogP contribution in [0.5, 0.6) is 0 Å². The third-order valence-corrected chi connectivity index (χ3v) is 3.25. The van der Waals surface area contributed by atoms with Gasteiger partial charge in [0.25, 0.3) is 5.91 Å². The van der Waals surface area contributed by atoms with E-state index in [1.165, 1.54) is 0 Å². The van der Waals surface area contributed by atoms with Gasteiger partial charge in [-0.25, -0.2) is 4.79 Å². The fraction of sp³-hybridized carbons (Fsp3) is 0.467. The number of carbonyl (C=O) groups is 2. The minimum absolute atomic E-state index is 0.0270. The first-order chi connectivity index (χ1) is 9.56. The van der Waals surface area contributed by atoms with Crippen LogP contribution >= 0.6 is 0 Å². The Kier molecular flexibility index (Phi) is 4.61. The Hall–Kier alpha value is -2.04. The summed E-state index contributed by atoms with van der Waals surface area (Å²) in [6, 6.07) is 9.20. The van der Waals surface area contributed by atoms with Crippen molar-refractivity contribution in [2.45, 2.75) is 32.4 Å². The molecule has 1 unspecified atom stereocenters. The molecular weight excluding hydrogens is 254 g/mol. The molecule has 5 heteroatoms. The summed E-state index contributed by atoms with van der Waals surface area (Å²) >= 11 is 0. The Morgan fingerprint density at radius 1 is 1.25 bits per heavy atom. The van der Waals surface area contributed by atoms with E-state index in [-0.39, 0.29) is 24.0 Å². The Bertz CT molecular complexity index is 473. The van der Waals surface area contributed by atoms with E-state index < -0.39 is 0 Å². The molecule has 3 amide bonds. The normalized spacial score (nSPS) is 18.1. The first-order valence-corrected chi connectivity index (χ1v) is 6.97. The monoisotopic (exact) mass is 275 g/mol. The second-order valence-electron chi connectivity index (χ2n) is 5.38. The number of likely N-dealkylation sites (tertiary alicyclic amines) is 1. The molecule has 2 N–H and O–H groups in total. The molecule has 1 aromatic carbocycles. The van der Waals surface area contributed by atoms with Crippen molar-refractivity contribution in [3.8, 4) is 0 Å². The zero-order valence-corrected chi connectivity index (χ0v) is 11.9. The van der Waals surface area contributed by atoms with Gasteiger partial charge in [-0.1, -0.05) is 18.2 Å². The molecule has 0 bridgehead atoms. The zero-order chi connectivity index (χ0) is 14.5. The summed E-state index contributed by atoms with van der Waals surface area (Å²) < 4.78 is 0. The van der Waals surface area contributed by atoms with E-state index in [1.807, 2.05) is 44.2 Å². The highest BCUT2D eigenvalue weighted by molar-refractivity contribution is 5.94. The molecular formula is C15H21N3O2. The smallest absolute Gasteiger partial charge is 0.315 e. The van der Waals surface area contributed by atoms with Crippen molar-refractivity contribution in [3.63, 3.8) is 0 Å². The molecule has 0 aromatic heterocycles. The van der Waals surface area contributed by atoms with Gasteiger partial charge in [0, 0.05) is 30.7 Å². The van der Waals surface area contributed by atoms with Crippen LogP contribution < -0.4 is 10.6 Å². The van der Waals surface area contributed by atoms with E-state index in [0.717, 1.165) is 6.42 Å². The third-order valence-electron chi connectivity index (χ3n) is 3.25. The van der Waals surface area contributed by atoms with E-state index >= 15 is 0 Å². The quantitative estimate of drug-likeness (QED) is 0.880. The van der Waals surface area contributed by atoms with Crippen LogP contribution in [0.15, 0.2) is 30.3 Å². The highest BCUT2D eigenvalue weighted by atomic mass is 16.2. The fourth-order valence-corrected chi connectivity index (χ4v) is 2.32. The first kappa shape index (κ1) is 14.4. The van der Waals surface area contributed by atoms with Gasteiger partial charge < -0.3 is 15.5 Å². The number of urea groups is 1. The second kappa shape index (κ2) is 6.41. The largest absolute Gasteiger partial charge is 0.337 e. The summed E-state index contributed by atoms with van der Waals surface area (Å²) in [5.74, 6) is 0.0270. The number of benzene rings is 1. The Labute approximate surface area is 119 Å². The second-order valence-corrected chi connectivity index (χ2v) is 5.38. The number of rotatable bonds is 3. The van der Waals surface area contributed by atoms with E-state index in [9.17, 15) is 9.59 Å². The summed E-state index contributed by atoms with van der Waals surface area (Å²) in [4.78, 5) is 25.7. The number of nitrogens with one attached hydrogen (secondary N) is 2. The summed E-state index contributed by atoms with van der Waals surface area (Å²) in [6.45, 7) is 5.08. The summed E-state index contributed by atoms with van der Waals surface area (Å²) in [5.41, 5.74) is 0.694. The van der Waals surface area contributed by atoms with Gasteiger partial charge in [0.2, 0.25) is 0 Å². The van der Waals surface area contributed by atoms with Crippen molar-refractivity contribution in [1.82, 2.24) is 15.5 Å². The van der Waals surface area contributed by atoms with Gasteiger partial charge in [-0.05, 0) is 32.4 Å². The minimum atomic E-state index is -0.168. The fourth-order valence-electron chi connectivity index (χ4n) is 2.32. The molecule has 0 radical (unpaired) electrons. The molecule has 1 heterocycles. The van der Waals surface area contributed by atoms with Crippen LogP contribution in [0.1, 0.15) is 30.6 Å². The molecule has 0 saturated carbocycles. The van der Waals surface area contributed by atoms with Gasteiger partial charge in [-0.15, -0.1) is 0 Å². The third kappa shape index (κ3) is 3.73. The summed E-state index contributed by atoms with van der Waals surface area (Å²) in [5, 5.41) is 5.69. The van der Waals surface area contributed by atoms with Crippen LogP contribution in [-0.4, -0.2) is 42.0 Å². The molecule has 1 aliphatic heterocycles. The molecule has 1 fully saturated rings. The topological polar surface area (TPSA) is 61.4 Å². The van der Waals surface area contributed by atoms with Crippen LogP contribution in [0, 0.1) is 0 Å². The van der Waals surface area contributed by atoms with Gasteiger partial charge in [-0.3, -0.25) is 4.79 Å². The standard InChI is InChI=1S/C15H21N3O2/c1-11(2)16-15(20)17-13-8-9-18(10-13)14(19)12-6-4-3-5-7-12/h3-7,11,13H,8-10H2,1-2H3,(H2,16,17,20). The maximum absolute atomic E-state index is 12.3. The molecule has 20 heavy (non-hydrogen) atoms. The summed E-state index contributed by atoms with van der Waals surface area (Å²) in [6.07, 6.45) is 0.796. The van der Waals surface area contributed by atoms with Crippen LogP contribution in [0.4, 0.5) is 4.79 Å². The average molecular weight is 275 g/mol. The number of hydrogen-bond acceptors (Lipinski definition) is 2. The van der Waals surface area contributed by atoms with Crippen molar-refractivity contribution in [2.75, 3.05) is 13.1 Å². The van der Waals surface area contributed by atoms with Crippen molar-refractivity contribution in [3.05, 3.63) is 35.9 Å². The maximum Gasteiger partial charge on any atom is 0.315 e. The average Bonchev–Trinajstić information content (AvgIpc) is 2.86. The predicted molar refractivity (Wildman–Crippen MR) is 77.6 cm³/mol. The van der Waals surface area contributed by atoms with Crippen molar-refractivity contribution >= 4 is 11.9 Å². The number of carbonyl (C=O) groups excluding carboxylic acids is 2. The van der Waals surface area contributed by atoms with E-state index in [2.05, 4.69) is 10.6 Å². The van der Waals surface area contributed by atoms with Crippen LogP contribution in [0.2, 0.25) is 0 Å². The van der Waals surface area contributed by atoms with Gasteiger partial charge in [0.15, 0.2) is 0 Å². The van der Waals surface area contributed by atoms with Crippen LogP contribution in [0.3, 0.4) is 0 Å². The highest BCUT2D eigenvalue weighted by Gasteiger charge is 2.27. The van der Waals surface area contributed by atoms with Crippen molar-refractivity contribution in [2.24, 2.45) is 0 Å². The highest BCUT2D eigenvalue weighted by Crippen LogP contribution is 2.13. The lowest BCUT2D eigenvalue weighted by atomic mass is 10.2. The number of amides is 3. The lowest BCUT2D eigenvalue weighted by molar-refractivity contribution is 0.0789. The molecule has 0 spiro atoms. The lowest BCUT2D eigenvalue weighted by Crippen LogP contribution is -2.45. The lowest BCUT2D eigenvalue weighted by Gasteiger charge is -2.18. The number of nitrogens with zero attached hydrogens (tertiary/aromatic N) is 1. The Morgan fingerprint density at radius 2 is 1.95 bits per heavy atom. The van der Waals surface area contributed by atoms with Gasteiger partial charge in [-0.2, -0.15) is 0 Å². The van der Waals surface area contributed by atoms with E-state index in [4.69, 9.17) is 0 Å².